The number of urea groups is 1. The minimum Gasteiger partial charge on any atom is -0.374 e. The summed E-state index contributed by atoms with van der Waals surface area (Å²) >= 11 is 0. The predicted molar refractivity (Wildman–Crippen MR) is 78.5 cm³/mol. The van der Waals surface area contributed by atoms with Crippen molar-refractivity contribution in [1.29, 1.82) is 0 Å². The first kappa shape index (κ1) is 13.7. The molecule has 1 atom stereocenters. The summed E-state index contributed by atoms with van der Waals surface area (Å²) in [6.45, 7) is 6.90. The Kier molecular flexibility index (Phi) is 3.69. The monoisotopic (exact) mass is 261 g/mol. The number of carbonyl (C=O) groups is 1. The van der Waals surface area contributed by atoms with Gasteiger partial charge in [-0.25, -0.2) is 4.79 Å². The van der Waals surface area contributed by atoms with Crippen LogP contribution < -0.4 is 15.5 Å². The van der Waals surface area contributed by atoms with Crippen molar-refractivity contribution >= 4 is 11.7 Å². The number of nitrogens with one attached hydrogen (secondary N) is 2. The van der Waals surface area contributed by atoms with Gasteiger partial charge < -0.3 is 15.5 Å². The summed E-state index contributed by atoms with van der Waals surface area (Å²) in [5, 5.41) is 6.02. The Bertz CT molecular complexity index is 465. The largest absolute Gasteiger partial charge is 0.374 e. The molecule has 4 nitrogen and oxygen atoms in total. The average Bonchev–Trinajstić information content (AvgIpc) is 2.31. The topological polar surface area (TPSA) is 44.4 Å². The number of benzene rings is 1. The third-order valence-corrected chi connectivity index (χ3v) is 3.27. The van der Waals surface area contributed by atoms with Crippen LogP contribution in [-0.2, 0) is 0 Å². The number of rotatable bonds is 1. The fraction of sp³-hybridized carbons (Fsp3) is 0.533. The van der Waals surface area contributed by atoms with E-state index in [2.05, 4.69) is 34.7 Å². The number of hydrogen-bond acceptors (Lipinski definition) is 2. The first-order valence-electron chi connectivity index (χ1n) is 6.75. The maximum atomic E-state index is 12.0. The lowest BCUT2D eigenvalue weighted by Gasteiger charge is -2.34. The Hall–Kier alpha value is -1.71. The fourth-order valence-corrected chi connectivity index (χ4v) is 2.41. The van der Waals surface area contributed by atoms with Crippen LogP contribution in [-0.4, -0.2) is 25.2 Å². The van der Waals surface area contributed by atoms with Crippen LogP contribution in [0.25, 0.3) is 0 Å². The summed E-state index contributed by atoms with van der Waals surface area (Å²) < 4.78 is 0. The molecule has 1 aliphatic rings. The molecule has 2 amide bonds. The van der Waals surface area contributed by atoms with Crippen LogP contribution in [0.4, 0.5) is 10.5 Å². The number of anilines is 1. The van der Waals surface area contributed by atoms with Crippen LogP contribution in [0, 0.1) is 0 Å². The Morgan fingerprint density at radius 1 is 1.32 bits per heavy atom. The number of fused-ring (bicyclic) bond motifs is 1. The van der Waals surface area contributed by atoms with Gasteiger partial charge in [0.25, 0.3) is 0 Å². The van der Waals surface area contributed by atoms with E-state index in [1.54, 1.807) is 0 Å². The highest BCUT2D eigenvalue weighted by Crippen LogP contribution is 2.32. The van der Waals surface area contributed by atoms with E-state index in [4.69, 9.17) is 0 Å². The second kappa shape index (κ2) is 5.11. The van der Waals surface area contributed by atoms with Crippen molar-refractivity contribution < 1.29 is 4.79 Å². The van der Waals surface area contributed by atoms with Crippen LogP contribution in [0.1, 0.15) is 38.8 Å². The number of carbonyl (C=O) groups excluding carboxylic acids is 1. The van der Waals surface area contributed by atoms with Gasteiger partial charge in [0.05, 0.1) is 6.04 Å². The van der Waals surface area contributed by atoms with E-state index in [0.717, 1.165) is 13.0 Å². The lowest BCUT2D eigenvalue weighted by Crippen LogP contribution is -2.48. The summed E-state index contributed by atoms with van der Waals surface area (Å²) in [5.41, 5.74) is 2.19. The first-order valence-corrected chi connectivity index (χ1v) is 6.75. The Morgan fingerprint density at radius 3 is 2.68 bits per heavy atom. The molecule has 0 radical (unpaired) electrons. The van der Waals surface area contributed by atoms with Gasteiger partial charge in [-0.2, -0.15) is 0 Å². The van der Waals surface area contributed by atoms with E-state index in [1.165, 1.54) is 11.3 Å². The smallest absolute Gasteiger partial charge is 0.315 e. The van der Waals surface area contributed by atoms with Gasteiger partial charge in [-0.1, -0.05) is 18.2 Å². The molecule has 0 fully saturated rings. The van der Waals surface area contributed by atoms with Crippen molar-refractivity contribution in [2.45, 2.75) is 38.8 Å². The molecule has 1 aliphatic heterocycles. The van der Waals surface area contributed by atoms with Crippen LogP contribution in [0.2, 0.25) is 0 Å². The third kappa shape index (κ3) is 3.40. The lowest BCUT2D eigenvalue weighted by molar-refractivity contribution is 0.227. The molecule has 104 valence electrons. The minimum atomic E-state index is -0.213. The van der Waals surface area contributed by atoms with E-state index in [9.17, 15) is 4.79 Å². The van der Waals surface area contributed by atoms with Gasteiger partial charge in [0.2, 0.25) is 0 Å². The fourth-order valence-electron chi connectivity index (χ4n) is 2.41. The Labute approximate surface area is 115 Å². The van der Waals surface area contributed by atoms with Crippen molar-refractivity contribution in [2.24, 2.45) is 0 Å². The molecule has 0 aliphatic carbocycles. The van der Waals surface area contributed by atoms with Gasteiger partial charge in [-0.15, -0.1) is 0 Å². The molecule has 2 rings (SSSR count). The van der Waals surface area contributed by atoms with E-state index in [1.807, 2.05) is 32.9 Å². The van der Waals surface area contributed by atoms with Crippen molar-refractivity contribution in [2.75, 3.05) is 18.5 Å². The van der Waals surface area contributed by atoms with Crippen LogP contribution in [0.15, 0.2) is 24.3 Å². The second-order valence-electron chi connectivity index (χ2n) is 6.17. The number of para-hydroxylation sites is 1. The highest BCUT2D eigenvalue weighted by atomic mass is 16.2. The maximum absolute atomic E-state index is 12.0. The number of nitrogens with zero attached hydrogens (tertiary/aromatic N) is 1. The molecule has 2 N–H and O–H groups in total. The molecule has 19 heavy (non-hydrogen) atoms. The molecule has 1 aromatic carbocycles. The number of amides is 2. The van der Waals surface area contributed by atoms with Gasteiger partial charge in [-0.3, -0.25) is 0 Å². The highest BCUT2D eigenvalue weighted by molar-refractivity contribution is 5.76. The van der Waals surface area contributed by atoms with Gasteiger partial charge in [0, 0.05) is 24.8 Å². The minimum absolute atomic E-state index is 0.0924. The second-order valence-corrected chi connectivity index (χ2v) is 6.17. The molecule has 0 saturated heterocycles. The van der Waals surface area contributed by atoms with Gasteiger partial charge in [-0.05, 0) is 38.8 Å². The lowest BCUT2D eigenvalue weighted by atomic mass is 9.97. The zero-order valence-electron chi connectivity index (χ0n) is 12.2. The predicted octanol–water partition coefficient (Wildman–Crippen LogP) is 2.67. The van der Waals surface area contributed by atoms with Gasteiger partial charge in [0.15, 0.2) is 0 Å². The molecule has 0 saturated carbocycles. The first-order chi connectivity index (χ1) is 8.87. The van der Waals surface area contributed by atoms with Crippen LogP contribution in [0.3, 0.4) is 0 Å². The zero-order chi connectivity index (χ0) is 14.0. The zero-order valence-corrected chi connectivity index (χ0v) is 12.2. The van der Waals surface area contributed by atoms with Crippen molar-refractivity contribution in [1.82, 2.24) is 10.6 Å². The average molecular weight is 261 g/mol. The molecule has 1 aromatic rings. The maximum Gasteiger partial charge on any atom is 0.315 e. The highest BCUT2D eigenvalue weighted by Gasteiger charge is 2.25. The SMILES string of the molecule is CN1CCC(NC(=O)NC(C)(C)C)c2ccccc21. The van der Waals surface area contributed by atoms with Gasteiger partial charge in [0.1, 0.15) is 0 Å². The summed E-state index contributed by atoms with van der Waals surface area (Å²) in [7, 11) is 2.09. The number of hydrogen-bond donors (Lipinski definition) is 2. The molecule has 1 heterocycles. The van der Waals surface area contributed by atoms with E-state index in [0.29, 0.717) is 0 Å². The molecule has 4 heteroatoms. The summed E-state index contributed by atoms with van der Waals surface area (Å²) in [6.07, 6.45) is 0.936. The molecular weight excluding hydrogens is 238 g/mol. The van der Waals surface area contributed by atoms with E-state index in [-0.39, 0.29) is 17.6 Å². The standard InChI is InChI=1S/C15H23N3O/c1-15(2,3)17-14(19)16-12-9-10-18(4)13-8-6-5-7-11(12)13/h5-8,12H,9-10H2,1-4H3,(H2,16,17,19). The van der Waals surface area contributed by atoms with E-state index >= 15 is 0 Å². The quantitative estimate of drug-likeness (QED) is 0.816. The molecule has 1 unspecified atom stereocenters. The summed E-state index contributed by atoms with van der Waals surface area (Å²) in [5.74, 6) is 0. The molecule has 0 bridgehead atoms. The van der Waals surface area contributed by atoms with Crippen molar-refractivity contribution in [3.8, 4) is 0 Å². The van der Waals surface area contributed by atoms with Gasteiger partial charge >= 0.3 is 6.03 Å². The summed E-state index contributed by atoms with van der Waals surface area (Å²) in [4.78, 5) is 14.2. The molecular formula is C15H23N3O. The van der Waals surface area contributed by atoms with Crippen molar-refractivity contribution in [3.05, 3.63) is 29.8 Å². The van der Waals surface area contributed by atoms with Crippen LogP contribution >= 0.6 is 0 Å². The van der Waals surface area contributed by atoms with Crippen molar-refractivity contribution in [3.63, 3.8) is 0 Å². The molecule has 0 aromatic heterocycles. The molecule has 0 spiro atoms. The van der Waals surface area contributed by atoms with E-state index < -0.39 is 0 Å². The Morgan fingerprint density at radius 2 is 2.00 bits per heavy atom. The van der Waals surface area contributed by atoms with Crippen LogP contribution in [0.5, 0.6) is 0 Å². The normalized spacial score (nSPS) is 18.7. The Balaban J connectivity index is 2.11. The summed E-state index contributed by atoms with van der Waals surface area (Å²) in [6, 6.07) is 8.24. The third-order valence-electron chi connectivity index (χ3n) is 3.27.